The topological polar surface area (TPSA) is 65.4 Å². The average Bonchev–Trinajstić information content (AvgIpc) is 3.19. The maximum Gasteiger partial charge on any atom is 0.261 e. The lowest BCUT2D eigenvalue weighted by Crippen LogP contribution is -2.31. The Bertz CT molecular complexity index is 907. The summed E-state index contributed by atoms with van der Waals surface area (Å²) in [5.41, 5.74) is 0.839. The molecule has 1 N–H and O–H groups in total. The van der Waals surface area contributed by atoms with Gasteiger partial charge in [0.15, 0.2) is 0 Å². The number of benzene rings is 2. The summed E-state index contributed by atoms with van der Waals surface area (Å²) in [6, 6.07) is 15.6. The van der Waals surface area contributed by atoms with Crippen LogP contribution in [0, 0.1) is 23.1 Å². The SMILES string of the molecule is COc1ccc(/C=C(\C#N)C(=O)NCC2CCN(Sc3ccc(F)cc3)C2)cc1. The molecule has 1 atom stereocenters. The van der Waals surface area contributed by atoms with Crippen LogP contribution in [0.4, 0.5) is 4.39 Å². The Balaban J connectivity index is 1.49. The third-order valence-corrected chi connectivity index (χ3v) is 5.71. The Morgan fingerprint density at radius 2 is 2.03 bits per heavy atom. The van der Waals surface area contributed by atoms with Crippen molar-refractivity contribution < 1.29 is 13.9 Å². The van der Waals surface area contributed by atoms with Gasteiger partial charge in [-0.1, -0.05) is 12.1 Å². The molecule has 0 radical (unpaired) electrons. The molecule has 1 amide bonds. The molecule has 5 nitrogen and oxygen atoms in total. The van der Waals surface area contributed by atoms with E-state index < -0.39 is 0 Å². The summed E-state index contributed by atoms with van der Waals surface area (Å²) < 4.78 is 20.3. The van der Waals surface area contributed by atoms with Crippen LogP contribution >= 0.6 is 11.9 Å². The number of hydrogen-bond acceptors (Lipinski definition) is 5. The zero-order chi connectivity index (χ0) is 20.6. The average molecular weight is 412 g/mol. The van der Waals surface area contributed by atoms with E-state index in [0.29, 0.717) is 12.5 Å². The second-order valence-corrected chi connectivity index (χ2v) is 7.91. The van der Waals surface area contributed by atoms with E-state index in [0.717, 1.165) is 35.7 Å². The summed E-state index contributed by atoms with van der Waals surface area (Å²) >= 11 is 1.59. The van der Waals surface area contributed by atoms with Gasteiger partial charge in [0.05, 0.1) is 7.11 Å². The predicted molar refractivity (Wildman–Crippen MR) is 112 cm³/mol. The number of amides is 1. The molecular weight excluding hydrogens is 389 g/mol. The van der Waals surface area contributed by atoms with Gasteiger partial charge >= 0.3 is 0 Å². The molecule has 7 heteroatoms. The van der Waals surface area contributed by atoms with Gasteiger partial charge in [0.2, 0.25) is 0 Å². The summed E-state index contributed by atoms with van der Waals surface area (Å²) in [6.07, 6.45) is 2.53. The lowest BCUT2D eigenvalue weighted by molar-refractivity contribution is -0.117. The van der Waals surface area contributed by atoms with Crippen molar-refractivity contribution >= 4 is 23.9 Å². The van der Waals surface area contributed by atoms with Crippen molar-refractivity contribution in [1.82, 2.24) is 9.62 Å². The molecule has 0 aliphatic carbocycles. The van der Waals surface area contributed by atoms with Gasteiger partial charge in [-0.15, -0.1) is 0 Å². The van der Waals surface area contributed by atoms with Gasteiger partial charge in [-0.05, 0) is 72.3 Å². The standard InChI is InChI=1S/C22H22FN3O2S/c1-28-20-6-2-16(3-7-20)12-18(13-24)22(27)25-14-17-10-11-26(15-17)29-21-8-4-19(23)5-9-21/h2-9,12,17H,10-11,14-15H2,1H3,(H,25,27)/b18-12+. The summed E-state index contributed by atoms with van der Waals surface area (Å²) in [5, 5.41) is 12.2. The molecule has 1 saturated heterocycles. The molecule has 0 saturated carbocycles. The fourth-order valence-corrected chi connectivity index (χ4v) is 4.08. The molecule has 1 heterocycles. The third-order valence-electron chi connectivity index (χ3n) is 4.64. The maximum atomic E-state index is 13.0. The molecule has 150 valence electrons. The van der Waals surface area contributed by atoms with E-state index >= 15 is 0 Å². The number of nitriles is 1. The largest absolute Gasteiger partial charge is 0.497 e. The van der Waals surface area contributed by atoms with E-state index in [1.165, 1.54) is 12.1 Å². The van der Waals surface area contributed by atoms with E-state index in [4.69, 9.17) is 4.74 Å². The van der Waals surface area contributed by atoms with Crippen LogP contribution in [0.3, 0.4) is 0 Å². The zero-order valence-electron chi connectivity index (χ0n) is 16.1. The lowest BCUT2D eigenvalue weighted by atomic mass is 10.1. The van der Waals surface area contributed by atoms with E-state index in [1.807, 2.05) is 6.07 Å². The third kappa shape index (κ3) is 6.08. The normalized spacial score (nSPS) is 17.0. The molecule has 0 aromatic heterocycles. The van der Waals surface area contributed by atoms with Crippen molar-refractivity contribution in [3.63, 3.8) is 0 Å². The van der Waals surface area contributed by atoms with Crippen LogP contribution in [0.25, 0.3) is 6.08 Å². The Hall–Kier alpha value is -2.82. The van der Waals surface area contributed by atoms with Crippen molar-refractivity contribution in [2.24, 2.45) is 5.92 Å². The molecule has 2 aromatic rings. The first kappa shape index (κ1) is 20.9. The van der Waals surface area contributed by atoms with Crippen molar-refractivity contribution in [1.29, 1.82) is 5.26 Å². The van der Waals surface area contributed by atoms with Crippen LogP contribution in [0.5, 0.6) is 5.75 Å². The van der Waals surface area contributed by atoms with Gasteiger partial charge in [0, 0.05) is 24.5 Å². The quantitative estimate of drug-likeness (QED) is 0.425. The fourth-order valence-electron chi connectivity index (χ4n) is 3.04. The second-order valence-electron chi connectivity index (χ2n) is 6.74. The first-order valence-corrected chi connectivity index (χ1v) is 10.1. The van der Waals surface area contributed by atoms with Crippen LogP contribution in [-0.2, 0) is 4.79 Å². The summed E-state index contributed by atoms with van der Waals surface area (Å²) in [5.74, 6) is 0.419. The number of nitrogens with one attached hydrogen (secondary N) is 1. The van der Waals surface area contributed by atoms with E-state index in [1.54, 1.807) is 61.5 Å². The number of hydrogen-bond donors (Lipinski definition) is 1. The van der Waals surface area contributed by atoms with Gasteiger partial charge < -0.3 is 10.1 Å². The van der Waals surface area contributed by atoms with Crippen molar-refractivity contribution in [2.45, 2.75) is 11.3 Å². The van der Waals surface area contributed by atoms with Crippen molar-refractivity contribution in [3.05, 3.63) is 65.5 Å². The first-order chi connectivity index (χ1) is 14.1. The number of carbonyl (C=O) groups is 1. The highest BCUT2D eigenvalue weighted by molar-refractivity contribution is 7.97. The van der Waals surface area contributed by atoms with Gasteiger partial charge in [-0.25, -0.2) is 8.70 Å². The molecule has 2 aromatic carbocycles. The summed E-state index contributed by atoms with van der Waals surface area (Å²) in [7, 11) is 1.58. The Morgan fingerprint density at radius 3 is 2.69 bits per heavy atom. The number of ether oxygens (including phenoxy) is 1. The number of carbonyl (C=O) groups excluding carboxylic acids is 1. The number of rotatable bonds is 7. The van der Waals surface area contributed by atoms with Gasteiger partial charge in [-0.3, -0.25) is 4.79 Å². The minimum absolute atomic E-state index is 0.0747. The fraction of sp³-hybridized carbons (Fsp3) is 0.273. The number of halogens is 1. The van der Waals surface area contributed by atoms with Gasteiger partial charge in [-0.2, -0.15) is 5.26 Å². The monoisotopic (exact) mass is 411 g/mol. The maximum absolute atomic E-state index is 13.0. The molecule has 3 rings (SSSR count). The summed E-state index contributed by atoms with van der Waals surface area (Å²) in [4.78, 5) is 13.4. The lowest BCUT2D eigenvalue weighted by Gasteiger charge is -2.15. The van der Waals surface area contributed by atoms with E-state index in [9.17, 15) is 14.4 Å². The molecular formula is C22H22FN3O2S. The minimum atomic E-state index is -0.368. The van der Waals surface area contributed by atoms with Crippen LogP contribution in [-0.4, -0.2) is 37.0 Å². The van der Waals surface area contributed by atoms with E-state index in [2.05, 4.69) is 9.62 Å². The van der Waals surface area contributed by atoms with Crippen LogP contribution in [0.15, 0.2) is 59.0 Å². The van der Waals surface area contributed by atoms with Crippen molar-refractivity contribution in [3.8, 4) is 11.8 Å². The Kier molecular flexibility index (Phi) is 7.28. The van der Waals surface area contributed by atoms with Gasteiger partial charge in [0.1, 0.15) is 23.2 Å². The highest BCUT2D eigenvalue weighted by Gasteiger charge is 2.24. The highest BCUT2D eigenvalue weighted by Crippen LogP contribution is 2.29. The molecule has 1 unspecified atom stereocenters. The van der Waals surface area contributed by atoms with Crippen molar-refractivity contribution in [2.75, 3.05) is 26.7 Å². The Labute approximate surface area is 174 Å². The van der Waals surface area contributed by atoms with Crippen LogP contribution in [0.2, 0.25) is 0 Å². The minimum Gasteiger partial charge on any atom is -0.497 e. The molecule has 1 fully saturated rings. The second kappa shape index (κ2) is 10.1. The number of methoxy groups -OCH3 is 1. The molecule has 1 aliphatic rings. The zero-order valence-corrected chi connectivity index (χ0v) is 16.9. The molecule has 0 spiro atoms. The highest BCUT2D eigenvalue weighted by atomic mass is 32.2. The van der Waals surface area contributed by atoms with Crippen LogP contribution < -0.4 is 10.1 Å². The molecule has 1 aliphatic heterocycles. The van der Waals surface area contributed by atoms with Gasteiger partial charge in [0.25, 0.3) is 5.91 Å². The summed E-state index contributed by atoms with van der Waals surface area (Å²) in [6.45, 7) is 2.24. The Morgan fingerprint density at radius 1 is 1.31 bits per heavy atom. The smallest absolute Gasteiger partial charge is 0.261 e. The number of nitrogens with zero attached hydrogens (tertiary/aromatic N) is 2. The first-order valence-electron chi connectivity index (χ1n) is 9.30. The molecule has 29 heavy (non-hydrogen) atoms. The van der Waals surface area contributed by atoms with E-state index in [-0.39, 0.29) is 17.3 Å². The van der Waals surface area contributed by atoms with Crippen LogP contribution in [0.1, 0.15) is 12.0 Å². The predicted octanol–water partition coefficient (Wildman–Crippen LogP) is 3.89. The molecule has 0 bridgehead atoms.